The number of nitrogens with one attached hydrogen (secondary N) is 1. The van der Waals surface area contributed by atoms with E-state index in [1.807, 2.05) is 60.7 Å². The molecule has 0 saturated carbocycles. The van der Waals surface area contributed by atoms with Crippen molar-refractivity contribution in [2.45, 2.75) is 0 Å². The lowest BCUT2D eigenvalue weighted by atomic mass is 10.1. The van der Waals surface area contributed by atoms with Crippen LogP contribution in [0.3, 0.4) is 0 Å². The Kier molecular flexibility index (Phi) is 3.61. The Morgan fingerprint density at radius 2 is 1.60 bits per heavy atom. The Bertz CT molecular complexity index is 696. The van der Waals surface area contributed by atoms with Crippen molar-refractivity contribution in [2.24, 2.45) is 0 Å². The van der Waals surface area contributed by atoms with Crippen molar-refractivity contribution in [1.82, 2.24) is 9.97 Å². The van der Waals surface area contributed by atoms with Crippen molar-refractivity contribution < 1.29 is 0 Å². The Hall–Kier alpha value is -2.39. The second-order valence-electron chi connectivity index (χ2n) is 4.26. The lowest BCUT2D eigenvalue weighted by Gasteiger charge is -2.06. The number of halogens is 1. The van der Waals surface area contributed by atoms with Crippen LogP contribution in [0.25, 0.3) is 11.3 Å². The first-order valence-electron chi connectivity index (χ1n) is 6.22. The van der Waals surface area contributed by atoms with E-state index in [9.17, 15) is 0 Å². The number of nitrogens with zero attached hydrogens (tertiary/aromatic N) is 2. The quantitative estimate of drug-likeness (QED) is 0.766. The maximum Gasteiger partial charge on any atom is 0.227 e. The molecule has 3 rings (SSSR count). The predicted molar refractivity (Wildman–Crippen MR) is 82.2 cm³/mol. The summed E-state index contributed by atoms with van der Waals surface area (Å²) in [5.74, 6) is 0.564. The van der Waals surface area contributed by atoms with Crippen LogP contribution in [0, 0.1) is 0 Å². The second kappa shape index (κ2) is 5.72. The highest BCUT2D eigenvalue weighted by molar-refractivity contribution is 6.30. The first kappa shape index (κ1) is 12.6. The largest absolute Gasteiger partial charge is 0.324 e. The molecule has 1 aromatic heterocycles. The molecule has 0 bridgehead atoms. The van der Waals surface area contributed by atoms with Crippen LogP contribution in [-0.4, -0.2) is 9.97 Å². The fraction of sp³-hybridized carbons (Fsp3) is 0. The molecule has 0 unspecified atom stereocenters. The fourth-order valence-electron chi connectivity index (χ4n) is 1.85. The zero-order valence-electron chi connectivity index (χ0n) is 10.6. The van der Waals surface area contributed by atoms with E-state index in [0.29, 0.717) is 11.0 Å². The topological polar surface area (TPSA) is 37.8 Å². The smallest absolute Gasteiger partial charge is 0.227 e. The minimum atomic E-state index is 0.564. The molecule has 0 aliphatic rings. The molecule has 0 radical (unpaired) electrons. The molecule has 20 heavy (non-hydrogen) atoms. The lowest BCUT2D eigenvalue weighted by Crippen LogP contribution is -1.97. The molecule has 0 saturated heterocycles. The van der Waals surface area contributed by atoms with E-state index in [-0.39, 0.29) is 0 Å². The van der Waals surface area contributed by atoms with Crippen molar-refractivity contribution in [3.63, 3.8) is 0 Å². The molecule has 98 valence electrons. The Morgan fingerprint density at radius 3 is 2.35 bits per heavy atom. The van der Waals surface area contributed by atoms with Crippen LogP contribution in [0.2, 0.25) is 5.02 Å². The summed E-state index contributed by atoms with van der Waals surface area (Å²) in [6.07, 6.45) is 1.74. The molecular weight excluding hydrogens is 270 g/mol. The standard InChI is InChI=1S/C16H12ClN3/c17-13-6-8-14(9-7-13)19-16-18-11-10-15(20-16)12-4-2-1-3-5-12/h1-11H,(H,18,19,20). The zero-order valence-corrected chi connectivity index (χ0v) is 11.4. The van der Waals surface area contributed by atoms with E-state index in [0.717, 1.165) is 16.9 Å². The van der Waals surface area contributed by atoms with Gasteiger partial charge >= 0.3 is 0 Å². The summed E-state index contributed by atoms with van der Waals surface area (Å²) in [4.78, 5) is 8.73. The van der Waals surface area contributed by atoms with E-state index in [1.165, 1.54) is 0 Å². The zero-order chi connectivity index (χ0) is 13.8. The van der Waals surface area contributed by atoms with Gasteiger partial charge in [0.2, 0.25) is 5.95 Å². The van der Waals surface area contributed by atoms with Gasteiger partial charge in [0.05, 0.1) is 5.69 Å². The maximum absolute atomic E-state index is 5.86. The SMILES string of the molecule is Clc1ccc(Nc2nccc(-c3ccccc3)n2)cc1. The van der Waals surface area contributed by atoms with Gasteiger partial charge in [-0.05, 0) is 30.3 Å². The molecule has 0 aliphatic carbocycles. The Labute approximate surface area is 122 Å². The molecule has 3 nitrogen and oxygen atoms in total. The molecule has 1 heterocycles. The normalized spacial score (nSPS) is 10.2. The van der Waals surface area contributed by atoms with Gasteiger partial charge in [0, 0.05) is 22.5 Å². The molecule has 0 amide bonds. The predicted octanol–water partition coefficient (Wildman–Crippen LogP) is 4.54. The summed E-state index contributed by atoms with van der Waals surface area (Å²) in [5.41, 5.74) is 2.85. The third kappa shape index (κ3) is 2.95. The van der Waals surface area contributed by atoms with Gasteiger partial charge in [0.25, 0.3) is 0 Å². The molecule has 1 N–H and O–H groups in total. The van der Waals surface area contributed by atoms with Crippen molar-refractivity contribution in [3.8, 4) is 11.3 Å². The number of hydrogen-bond donors (Lipinski definition) is 1. The van der Waals surface area contributed by atoms with Gasteiger partial charge in [0.15, 0.2) is 0 Å². The number of hydrogen-bond acceptors (Lipinski definition) is 3. The summed E-state index contributed by atoms with van der Waals surface area (Å²) in [5, 5.41) is 3.86. The van der Waals surface area contributed by atoms with E-state index in [1.54, 1.807) is 6.20 Å². The monoisotopic (exact) mass is 281 g/mol. The van der Waals surface area contributed by atoms with Crippen LogP contribution in [-0.2, 0) is 0 Å². The van der Waals surface area contributed by atoms with Gasteiger partial charge in [-0.2, -0.15) is 0 Å². The second-order valence-corrected chi connectivity index (χ2v) is 4.70. The summed E-state index contributed by atoms with van der Waals surface area (Å²) >= 11 is 5.86. The van der Waals surface area contributed by atoms with E-state index in [4.69, 9.17) is 11.6 Å². The summed E-state index contributed by atoms with van der Waals surface area (Å²) in [6.45, 7) is 0. The highest BCUT2D eigenvalue weighted by Crippen LogP contribution is 2.20. The average Bonchev–Trinajstić information content (AvgIpc) is 2.51. The lowest BCUT2D eigenvalue weighted by molar-refractivity contribution is 1.17. The van der Waals surface area contributed by atoms with Gasteiger partial charge in [0.1, 0.15) is 0 Å². The van der Waals surface area contributed by atoms with E-state index in [2.05, 4.69) is 15.3 Å². The van der Waals surface area contributed by atoms with Crippen molar-refractivity contribution in [2.75, 3.05) is 5.32 Å². The van der Waals surface area contributed by atoms with Gasteiger partial charge < -0.3 is 5.32 Å². The highest BCUT2D eigenvalue weighted by atomic mass is 35.5. The average molecular weight is 282 g/mol. The third-order valence-corrected chi connectivity index (χ3v) is 3.08. The van der Waals surface area contributed by atoms with Crippen LogP contribution in [0.5, 0.6) is 0 Å². The van der Waals surface area contributed by atoms with Crippen LogP contribution in [0.1, 0.15) is 0 Å². The van der Waals surface area contributed by atoms with Gasteiger partial charge in [-0.15, -0.1) is 0 Å². The number of anilines is 2. The Morgan fingerprint density at radius 1 is 0.850 bits per heavy atom. The van der Waals surface area contributed by atoms with Gasteiger partial charge in [-0.1, -0.05) is 41.9 Å². The molecule has 0 aliphatic heterocycles. The molecule has 2 aromatic carbocycles. The van der Waals surface area contributed by atoms with Crippen LogP contribution in [0.4, 0.5) is 11.6 Å². The third-order valence-electron chi connectivity index (χ3n) is 2.83. The van der Waals surface area contributed by atoms with Crippen LogP contribution < -0.4 is 5.32 Å². The number of rotatable bonds is 3. The van der Waals surface area contributed by atoms with Crippen LogP contribution >= 0.6 is 11.6 Å². The van der Waals surface area contributed by atoms with Crippen molar-refractivity contribution in [1.29, 1.82) is 0 Å². The van der Waals surface area contributed by atoms with Gasteiger partial charge in [-0.25, -0.2) is 9.97 Å². The molecule has 0 atom stereocenters. The first-order chi connectivity index (χ1) is 9.81. The van der Waals surface area contributed by atoms with Crippen LogP contribution in [0.15, 0.2) is 66.9 Å². The van der Waals surface area contributed by atoms with E-state index < -0.39 is 0 Å². The number of benzene rings is 2. The maximum atomic E-state index is 5.86. The highest BCUT2D eigenvalue weighted by Gasteiger charge is 2.02. The summed E-state index contributed by atoms with van der Waals surface area (Å²) < 4.78 is 0. The number of aromatic nitrogens is 2. The Balaban J connectivity index is 1.86. The minimum Gasteiger partial charge on any atom is -0.324 e. The summed E-state index contributed by atoms with van der Waals surface area (Å²) in [7, 11) is 0. The molecule has 0 spiro atoms. The fourth-order valence-corrected chi connectivity index (χ4v) is 1.98. The van der Waals surface area contributed by atoms with Crippen molar-refractivity contribution in [3.05, 3.63) is 71.9 Å². The molecule has 3 aromatic rings. The van der Waals surface area contributed by atoms with Crippen molar-refractivity contribution >= 4 is 23.2 Å². The molecule has 0 fully saturated rings. The van der Waals surface area contributed by atoms with Gasteiger partial charge in [-0.3, -0.25) is 0 Å². The first-order valence-corrected chi connectivity index (χ1v) is 6.60. The molecular formula is C16H12ClN3. The minimum absolute atomic E-state index is 0.564. The van der Waals surface area contributed by atoms with E-state index >= 15 is 0 Å². The molecule has 4 heteroatoms. The summed E-state index contributed by atoms with van der Waals surface area (Å²) in [6, 6.07) is 19.3.